The number of amides is 2. The maximum atomic E-state index is 14.3. The molecule has 2 aromatic heterocycles. The van der Waals surface area contributed by atoms with Crippen LogP contribution in [0.5, 0.6) is 0 Å². The van der Waals surface area contributed by atoms with Crippen LogP contribution in [0, 0.1) is 0 Å². The van der Waals surface area contributed by atoms with E-state index in [-0.39, 0.29) is 30.5 Å². The molecule has 1 atom stereocenters. The van der Waals surface area contributed by atoms with Crippen molar-refractivity contribution in [2.24, 2.45) is 0 Å². The SMILES string of the molecule is C=CC(F)(F)c1nn(C2C=CC=CC2)cc1C(=O)NCCNC(=O)c1ccc(N)nc1. The third-order valence-corrected chi connectivity index (χ3v) is 4.59. The molecule has 0 fully saturated rings. The van der Waals surface area contributed by atoms with Gasteiger partial charge in [0.15, 0.2) is 0 Å². The normalized spacial score (nSPS) is 15.5. The average molecular weight is 428 g/mol. The van der Waals surface area contributed by atoms with Crippen molar-refractivity contribution in [3.63, 3.8) is 0 Å². The molecule has 162 valence electrons. The smallest absolute Gasteiger partial charge is 0.310 e. The van der Waals surface area contributed by atoms with Gasteiger partial charge in [-0.15, -0.1) is 0 Å². The van der Waals surface area contributed by atoms with Gasteiger partial charge < -0.3 is 16.4 Å². The summed E-state index contributed by atoms with van der Waals surface area (Å²) in [6.45, 7) is 3.26. The van der Waals surface area contributed by atoms with Gasteiger partial charge in [-0.2, -0.15) is 13.9 Å². The first-order chi connectivity index (χ1) is 14.8. The zero-order valence-corrected chi connectivity index (χ0v) is 16.6. The molecule has 2 aromatic rings. The first kappa shape index (κ1) is 21.9. The predicted molar refractivity (Wildman–Crippen MR) is 112 cm³/mol. The predicted octanol–water partition coefficient (Wildman–Crippen LogP) is 2.36. The van der Waals surface area contributed by atoms with Crippen molar-refractivity contribution >= 4 is 17.6 Å². The van der Waals surface area contributed by atoms with Crippen LogP contribution in [0.2, 0.25) is 0 Å². The summed E-state index contributed by atoms with van der Waals surface area (Å²) in [6.07, 6.45) is 11.0. The van der Waals surface area contributed by atoms with E-state index in [1.165, 1.54) is 29.2 Å². The lowest BCUT2D eigenvalue weighted by Crippen LogP contribution is -2.35. The van der Waals surface area contributed by atoms with Gasteiger partial charge >= 0.3 is 5.92 Å². The van der Waals surface area contributed by atoms with Crippen LogP contribution in [0.25, 0.3) is 0 Å². The topological polar surface area (TPSA) is 115 Å². The second kappa shape index (κ2) is 9.33. The highest BCUT2D eigenvalue weighted by molar-refractivity contribution is 5.96. The summed E-state index contributed by atoms with van der Waals surface area (Å²) in [6, 6.07) is 2.74. The minimum absolute atomic E-state index is 0.0311. The molecule has 0 bridgehead atoms. The zero-order valence-electron chi connectivity index (χ0n) is 16.6. The monoisotopic (exact) mass is 428 g/mol. The van der Waals surface area contributed by atoms with E-state index in [1.54, 1.807) is 6.08 Å². The highest BCUT2D eigenvalue weighted by atomic mass is 19.3. The number of allylic oxidation sites excluding steroid dienone is 5. The van der Waals surface area contributed by atoms with E-state index in [1.807, 2.05) is 18.2 Å². The molecule has 1 aliphatic carbocycles. The van der Waals surface area contributed by atoms with E-state index in [2.05, 4.69) is 27.3 Å². The van der Waals surface area contributed by atoms with Gasteiger partial charge in [0, 0.05) is 25.5 Å². The Morgan fingerprint density at radius 3 is 2.61 bits per heavy atom. The highest BCUT2D eigenvalue weighted by Crippen LogP contribution is 2.32. The van der Waals surface area contributed by atoms with Gasteiger partial charge in [-0.05, 0) is 24.6 Å². The molecule has 1 unspecified atom stereocenters. The molecule has 8 nitrogen and oxygen atoms in total. The summed E-state index contributed by atoms with van der Waals surface area (Å²) in [5, 5.41) is 9.09. The summed E-state index contributed by atoms with van der Waals surface area (Å²) >= 11 is 0. The van der Waals surface area contributed by atoms with E-state index in [0.717, 1.165) is 0 Å². The fraction of sp³-hybridized carbons (Fsp3) is 0.238. The van der Waals surface area contributed by atoms with Gasteiger partial charge in [0.05, 0.1) is 17.2 Å². The van der Waals surface area contributed by atoms with E-state index in [9.17, 15) is 18.4 Å². The molecular weight excluding hydrogens is 406 g/mol. The standard InChI is InChI=1S/C21H22F2N6O2/c1-2-21(22,23)18-16(13-29(28-18)15-6-4-3-5-7-15)20(31)26-11-10-25-19(30)14-8-9-17(24)27-12-14/h2-6,8-9,12-13,15H,1,7,10-11H2,(H2,24,27)(H,25,30)(H,26,31). The fourth-order valence-corrected chi connectivity index (χ4v) is 2.92. The van der Waals surface area contributed by atoms with Crippen LogP contribution in [0.1, 0.15) is 38.9 Å². The Morgan fingerprint density at radius 1 is 1.26 bits per heavy atom. The lowest BCUT2D eigenvalue weighted by Gasteiger charge is -2.13. The number of carbonyl (C=O) groups is 2. The Balaban J connectivity index is 1.64. The van der Waals surface area contributed by atoms with Gasteiger partial charge in [-0.25, -0.2) is 4.98 Å². The fourth-order valence-electron chi connectivity index (χ4n) is 2.92. The van der Waals surface area contributed by atoms with Gasteiger partial charge in [0.25, 0.3) is 11.8 Å². The van der Waals surface area contributed by atoms with Gasteiger partial charge in [-0.1, -0.05) is 30.9 Å². The van der Waals surface area contributed by atoms with Crippen molar-refractivity contribution in [2.45, 2.75) is 18.4 Å². The van der Waals surface area contributed by atoms with Crippen LogP contribution in [0.15, 0.2) is 61.5 Å². The Bertz CT molecular complexity index is 1030. The van der Waals surface area contributed by atoms with Gasteiger partial charge in [-0.3, -0.25) is 14.3 Å². The Labute approximate surface area is 177 Å². The van der Waals surface area contributed by atoms with Crippen molar-refractivity contribution in [3.05, 3.63) is 78.3 Å². The second-order valence-corrected chi connectivity index (χ2v) is 6.80. The van der Waals surface area contributed by atoms with Crippen molar-refractivity contribution in [1.29, 1.82) is 0 Å². The van der Waals surface area contributed by atoms with E-state index < -0.39 is 23.4 Å². The van der Waals surface area contributed by atoms with Crippen molar-refractivity contribution in [1.82, 2.24) is 25.4 Å². The number of nitrogens with one attached hydrogen (secondary N) is 2. The summed E-state index contributed by atoms with van der Waals surface area (Å²) in [5.41, 5.74) is 4.87. The number of hydrogen-bond acceptors (Lipinski definition) is 5. The summed E-state index contributed by atoms with van der Waals surface area (Å²) < 4.78 is 30.0. The van der Waals surface area contributed by atoms with Crippen LogP contribution in [-0.2, 0) is 5.92 Å². The lowest BCUT2D eigenvalue weighted by molar-refractivity contribution is 0.0451. The number of rotatable bonds is 8. The van der Waals surface area contributed by atoms with Crippen LogP contribution < -0.4 is 16.4 Å². The molecule has 0 radical (unpaired) electrons. The molecule has 0 saturated carbocycles. The minimum atomic E-state index is -3.47. The number of nitrogens with two attached hydrogens (primary N) is 1. The molecule has 3 rings (SSSR count). The Hall–Kier alpha value is -3.82. The maximum Gasteiger partial charge on any atom is 0.310 e. The van der Waals surface area contributed by atoms with Gasteiger partial charge in [0.1, 0.15) is 11.5 Å². The second-order valence-electron chi connectivity index (χ2n) is 6.80. The number of nitrogens with zero attached hydrogens (tertiary/aromatic N) is 3. The quantitative estimate of drug-likeness (QED) is 0.441. The summed E-state index contributed by atoms with van der Waals surface area (Å²) in [4.78, 5) is 28.4. The third-order valence-electron chi connectivity index (χ3n) is 4.59. The molecule has 1 aliphatic rings. The highest BCUT2D eigenvalue weighted by Gasteiger charge is 2.36. The largest absolute Gasteiger partial charge is 0.384 e. The molecule has 2 amide bonds. The Kier molecular flexibility index (Phi) is 6.58. The van der Waals surface area contributed by atoms with E-state index >= 15 is 0 Å². The first-order valence-corrected chi connectivity index (χ1v) is 9.54. The molecule has 0 aliphatic heterocycles. The lowest BCUT2D eigenvalue weighted by atomic mass is 10.1. The molecule has 4 N–H and O–H groups in total. The third kappa shape index (κ3) is 5.21. The van der Waals surface area contributed by atoms with Crippen LogP contribution in [-0.4, -0.2) is 39.7 Å². The van der Waals surface area contributed by atoms with Crippen molar-refractivity contribution < 1.29 is 18.4 Å². The van der Waals surface area contributed by atoms with E-state index in [4.69, 9.17) is 5.73 Å². The zero-order chi connectivity index (χ0) is 22.4. The molecule has 0 spiro atoms. The number of nitrogen functional groups attached to an aromatic ring is 1. The van der Waals surface area contributed by atoms with Crippen LogP contribution in [0.3, 0.4) is 0 Å². The van der Waals surface area contributed by atoms with Crippen molar-refractivity contribution in [3.8, 4) is 0 Å². The number of aromatic nitrogens is 3. The molecule has 31 heavy (non-hydrogen) atoms. The molecule has 10 heteroatoms. The number of carbonyl (C=O) groups excluding carboxylic acids is 2. The number of anilines is 1. The number of pyridine rings is 1. The van der Waals surface area contributed by atoms with E-state index in [0.29, 0.717) is 18.1 Å². The van der Waals surface area contributed by atoms with Crippen LogP contribution in [0.4, 0.5) is 14.6 Å². The first-order valence-electron chi connectivity index (χ1n) is 9.54. The van der Waals surface area contributed by atoms with Crippen molar-refractivity contribution in [2.75, 3.05) is 18.8 Å². The van der Waals surface area contributed by atoms with Gasteiger partial charge in [0.2, 0.25) is 0 Å². The maximum absolute atomic E-state index is 14.3. The number of alkyl halides is 2. The number of hydrogen-bond donors (Lipinski definition) is 3. The molecule has 2 heterocycles. The molecule has 0 saturated heterocycles. The minimum Gasteiger partial charge on any atom is -0.384 e. The summed E-state index contributed by atoms with van der Waals surface area (Å²) in [7, 11) is 0. The summed E-state index contributed by atoms with van der Waals surface area (Å²) in [5.74, 6) is -4.30. The molecular formula is C21H22F2N6O2. The molecule has 0 aromatic carbocycles. The Morgan fingerprint density at radius 2 is 2.00 bits per heavy atom. The number of halogens is 2. The average Bonchev–Trinajstić information content (AvgIpc) is 3.24. The van der Waals surface area contributed by atoms with Crippen LogP contribution >= 0.6 is 0 Å².